The molecule has 1 aliphatic rings. The van der Waals surface area contributed by atoms with Crippen molar-refractivity contribution in [2.24, 2.45) is 17.6 Å². The van der Waals surface area contributed by atoms with Crippen LogP contribution in [-0.4, -0.2) is 0 Å². The zero-order valence-electron chi connectivity index (χ0n) is 11.6. The molecule has 102 valence electrons. The van der Waals surface area contributed by atoms with Crippen LogP contribution >= 0.6 is 11.3 Å². The molecule has 3 unspecified atom stereocenters. The molecule has 1 aromatic heterocycles. The molecule has 0 saturated heterocycles. The normalized spacial score (nSPS) is 25.6. The Morgan fingerprint density at radius 3 is 3.00 bits per heavy atom. The van der Waals surface area contributed by atoms with Crippen molar-refractivity contribution in [3.05, 3.63) is 35.2 Å². The first-order chi connectivity index (χ1) is 9.29. The zero-order chi connectivity index (χ0) is 13.2. The standard InChI is InChI=1S/C17H23NS/c1-2-12-6-5-7-13(10-12)17(18)15-11-19-16-9-4-3-8-14(15)16/h3-4,8-9,11-13,17H,2,5-7,10,18H2,1H3. The molecule has 1 nitrogen and oxygen atoms in total. The van der Waals surface area contributed by atoms with Gasteiger partial charge in [0.1, 0.15) is 0 Å². The van der Waals surface area contributed by atoms with E-state index < -0.39 is 0 Å². The van der Waals surface area contributed by atoms with E-state index in [0.717, 1.165) is 5.92 Å². The van der Waals surface area contributed by atoms with Crippen molar-refractivity contribution in [1.82, 2.24) is 0 Å². The molecule has 1 fully saturated rings. The van der Waals surface area contributed by atoms with Crippen molar-refractivity contribution in [3.8, 4) is 0 Å². The fourth-order valence-electron chi connectivity index (χ4n) is 3.54. The van der Waals surface area contributed by atoms with Crippen LogP contribution < -0.4 is 5.73 Å². The molecule has 1 aliphatic carbocycles. The molecule has 1 aromatic carbocycles. The number of nitrogens with two attached hydrogens (primary N) is 1. The monoisotopic (exact) mass is 273 g/mol. The van der Waals surface area contributed by atoms with E-state index in [1.54, 1.807) is 0 Å². The van der Waals surface area contributed by atoms with Gasteiger partial charge in [-0.3, -0.25) is 0 Å². The molecule has 0 spiro atoms. The van der Waals surface area contributed by atoms with Crippen LogP contribution in [0.1, 0.15) is 50.6 Å². The Balaban J connectivity index is 1.85. The van der Waals surface area contributed by atoms with E-state index in [0.29, 0.717) is 5.92 Å². The van der Waals surface area contributed by atoms with E-state index in [-0.39, 0.29) is 6.04 Å². The highest BCUT2D eigenvalue weighted by molar-refractivity contribution is 7.17. The topological polar surface area (TPSA) is 26.0 Å². The third-order valence-corrected chi connectivity index (χ3v) is 5.76. The number of hydrogen-bond acceptors (Lipinski definition) is 2. The zero-order valence-corrected chi connectivity index (χ0v) is 12.5. The highest BCUT2D eigenvalue weighted by atomic mass is 32.1. The quantitative estimate of drug-likeness (QED) is 0.825. The Morgan fingerprint density at radius 2 is 2.16 bits per heavy atom. The number of rotatable bonds is 3. The van der Waals surface area contributed by atoms with Gasteiger partial charge in [0.25, 0.3) is 0 Å². The summed E-state index contributed by atoms with van der Waals surface area (Å²) in [6.45, 7) is 2.32. The summed E-state index contributed by atoms with van der Waals surface area (Å²) < 4.78 is 1.37. The molecule has 3 atom stereocenters. The van der Waals surface area contributed by atoms with Crippen molar-refractivity contribution in [2.75, 3.05) is 0 Å². The smallest absolute Gasteiger partial charge is 0.0346 e. The fourth-order valence-corrected chi connectivity index (χ4v) is 4.55. The summed E-state index contributed by atoms with van der Waals surface area (Å²) >= 11 is 1.83. The summed E-state index contributed by atoms with van der Waals surface area (Å²) in [5, 5.41) is 3.66. The number of fused-ring (bicyclic) bond motifs is 1. The Bertz CT molecular complexity index is 545. The minimum atomic E-state index is 0.227. The first-order valence-electron chi connectivity index (χ1n) is 7.51. The van der Waals surface area contributed by atoms with Crippen LogP contribution in [0.4, 0.5) is 0 Å². The number of thiophene rings is 1. The van der Waals surface area contributed by atoms with Gasteiger partial charge in [0.2, 0.25) is 0 Å². The predicted molar refractivity (Wildman–Crippen MR) is 84.5 cm³/mol. The molecule has 2 aromatic rings. The summed E-state index contributed by atoms with van der Waals surface area (Å²) in [5.41, 5.74) is 7.98. The molecule has 1 heterocycles. The molecule has 2 heteroatoms. The average Bonchev–Trinajstić information content (AvgIpc) is 2.90. The summed E-state index contributed by atoms with van der Waals surface area (Å²) in [7, 11) is 0. The van der Waals surface area contributed by atoms with Crippen molar-refractivity contribution in [3.63, 3.8) is 0 Å². The van der Waals surface area contributed by atoms with Crippen molar-refractivity contribution in [1.29, 1.82) is 0 Å². The Kier molecular flexibility index (Phi) is 3.90. The summed E-state index contributed by atoms with van der Waals surface area (Å²) in [5.74, 6) is 1.58. The molecule has 2 N–H and O–H groups in total. The van der Waals surface area contributed by atoms with Crippen LogP contribution in [-0.2, 0) is 0 Å². The molecule has 1 saturated carbocycles. The summed E-state index contributed by atoms with van der Waals surface area (Å²) in [6, 6.07) is 8.89. The average molecular weight is 273 g/mol. The third kappa shape index (κ3) is 2.56. The third-order valence-electron chi connectivity index (χ3n) is 4.78. The van der Waals surface area contributed by atoms with Gasteiger partial charge in [-0.1, -0.05) is 44.4 Å². The van der Waals surface area contributed by atoms with E-state index in [9.17, 15) is 0 Å². The first-order valence-corrected chi connectivity index (χ1v) is 8.39. The highest BCUT2D eigenvalue weighted by Crippen LogP contribution is 2.40. The van der Waals surface area contributed by atoms with Gasteiger partial charge in [-0.05, 0) is 47.1 Å². The van der Waals surface area contributed by atoms with Crippen LogP contribution in [0.3, 0.4) is 0 Å². The molecule has 0 amide bonds. The fraction of sp³-hybridized carbons (Fsp3) is 0.529. The van der Waals surface area contributed by atoms with Crippen LogP contribution in [0, 0.1) is 11.8 Å². The van der Waals surface area contributed by atoms with Crippen molar-refractivity contribution >= 4 is 21.4 Å². The van der Waals surface area contributed by atoms with Gasteiger partial charge >= 0.3 is 0 Å². The van der Waals surface area contributed by atoms with Gasteiger partial charge in [-0.25, -0.2) is 0 Å². The Morgan fingerprint density at radius 1 is 1.32 bits per heavy atom. The SMILES string of the molecule is CCC1CCCC(C(N)c2csc3ccccc23)C1. The van der Waals surface area contributed by atoms with E-state index >= 15 is 0 Å². The molecular weight excluding hydrogens is 250 g/mol. The second-order valence-electron chi connectivity index (χ2n) is 5.91. The minimum Gasteiger partial charge on any atom is -0.324 e. The predicted octanol–water partition coefficient (Wildman–Crippen LogP) is 5.12. The van der Waals surface area contributed by atoms with Gasteiger partial charge in [-0.15, -0.1) is 11.3 Å². The van der Waals surface area contributed by atoms with E-state index in [1.807, 2.05) is 11.3 Å². The number of benzene rings is 1. The maximum absolute atomic E-state index is 6.60. The van der Waals surface area contributed by atoms with E-state index in [2.05, 4.69) is 36.6 Å². The first kappa shape index (κ1) is 13.1. The van der Waals surface area contributed by atoms with Gasteiger partial charge in [0, 0.05) is 10.7 Å². The maximum atomic E-state index is 6.60. The molecule has 0 radical (unpaired) electrons. The van der Waals surface area contributed by atoms with Gasteiger partial charge in [0.15, 0.2) is 0 Å². The van der Waals surface area contributed by atoms with Gasteiger partial charge in [-0.2, -0.15) is 0 Å². The van der Waals surface area contributed by atoms with E-state index in [4.69, 9.17) is 5.73 Å². The van der Waals surface area contributed by atoms with Crippen molar-refractivity contribution < 1.29 is 0 Å². The summed E-state index contributed by atoms with van der Waals surface area (Å²) in [4.78, 5) is 0. The highest BCUT2D eigenvalue weighted by Gasteiger charge is 2.27. The lowest BCUT2D eigenvalue weighted by molar-refractivity contribution is 0.231. The second kappa shape index (κ2) is 5.64. The number of hydrogen-bond donors (Lipinski definition) is 1. The van der Waals surface area contributed by atoms with Gasteiger partial charge in [0.05, 0.1) is 0 Å². The molecular formula is C17H23NS. The Labute approximate surface area is 119 Å². The molecule has 3 rings (SSSR count). The van der Waals surface area contributed by atoms with Crippen LogP contribution in [0.2, 0.25) is 0 Å². The second-order valence-corrected chi connectivity index (χ2v) is 6.83. The lowest BCUT2D eigenvalue weighted by Gasteiger charge is -2.32. The van der Waals surface area contributed by atoms with Crippen LogP contribution in [0.5, 0.6) is 0 Å². The van der Waals surface area contributed by atoms with Crippen molar-refractivity contribution in [2.45, 2.75) is 45.1 Å². The van der Waals surface area contributed by atoms with E-state index in [1.165, 1.54) is 47.8 Å². The molecule has 19 heavy (non-hydrogen) atoms. The molecule has 0 aliphatic heterocycles. The maximum Gasteiger partial charge on any atom is 0.0346 e. The largest absolute Gasteiger partial charge is 0.324 e. The summed E-state index contributed by atoms with van der Waals surface area (Å²) in [6.07, 6.45) is 6.71. The van der Waals surface area contributed by atoms with Gasteiger partial charge < -0.3 is 5.73 Å². The lowest BCUT2D eigenvalue weighted by Crippen LogP contribution is -2.26. The molecule has 0 bridgehead atoms. The van der Waals surface area contributed by atoms with Crippen LogP contribution in [0.15, 0.2) is 29.6 Å². The minimum absolute atomic E-state index is 0.227. The Hall–Kier alpha value is -0.860. The van der Waals surface area contributed by atoms with Crippen LogP contribution in [0.25, 0.3) is 10.1 Å². The lowest BCUT2D eigenvalue weighted by atomic mass is 9.75.